The highest BCUT2D eigenvalue weighted by Gasteiger charge is 2.16. The van der Waals surface area contributed by atoms with Gasteiger partial charge >= 0.3 is 0 Å². The van der Waals surface area contributed by atoms with Crippen LogP contribution in [0.3, 0.4) is 0 Å². The third-order valence-corrected chi connectivity index (χ3v) is 3.43. The van der Waals surface area contributed by atoms with Gasteiger partial charge < -0.3 is 15.3 Å². The summed E-state index contributed by atoms with van der Waals surface area (Å²) in [6.07, 6.45) is 0. The average molecular weight is 305 g/mol. The zero-order chi connectivity index (χ0) is 14.6. The van der Waals surface area contributed by atoms with Crippen LogP contribution in [-0.4, -0.2) is 35.5 Å². The standard InChI is InChI=1S/C13H18Cl2N2O2/c1-4-17(3)13(19)8(2)16-7-9-5-10(14)6-11(15)12(9)18/h5-6,8,16,18H,4,7H2,1-3H3. The van der Waals surface area contributed by atoms with E-state index in [4.69, 9.17) is 23.2 Å². The predicted molar refractivity (Wildman–Crippen MR) is 77.7 cm³/mol. The number of carbonyl (C=O) groups is 1. The zero-order valence-electron chi connectivity index (χ0n) is 11.2. The van der Waals surface area contributed by atoms with E-state index in [9.17, 15) is 9.90 Å². The van der Waals surface area contributed by atoms with Crippen molar-refractivity contribution < 1.29 is 9.90 Å². The molecule has 0 aliphatic carbocycles. The van der Waals surface area contributed by atoms with Crippen molar-refractivity contribution >= 4 is 29.1 Å². The molecular formula is C13H18Cl2N2O2. The highest BCUT2D eigenvalue weighted by Crippen LogP contribution is 2.31. The van der Waals surface area contributed by atoms with Gasteiger partial charge in [-0.3, -0.25) is 4.79 Å². The zero-order valence-corrected chi connectivity index (χ0v) is 12.7. The van der Waals surface area contributed by atoms with Gasteiger partial charge in [0.05, 0.1) is 11.1 Å². The molecule has 1 atom stereocenters. The first-order valence-electron chi connectivity index (χ1n) is 6.02. The van der Waals surface area contributed by atoms with E-state index in [0.717, 1.165) is 0 Å². The first-order valence-corrected chi connectivity index (χ1v) is 6.77. The number of phenolic OH excluding ortho intramolecular Hbond substituents is 1. The Morgan fingerprint density at radius 2 is 2.11 bits per heavy atom. The topological polar surface area (TPSA) is 52.6 Å². The van der Waals surface area contributed by atoms with Crippen LogP contribution in [0.4, 0.5) is 0 Å². The van der Waals surface area contributed by atoms with Crippen LogP contribution < -0.4 is 5.32 Å². The third-order valence-electron chi connectivity index (χ3n) is 2.93. The van der Waals surface area contributed by atoms with E-state index >= 15 is 0 Å². The normalized spacial score (nSPS) is 12.3. The maximum Gasteiger partial charge on any atom is 0.239 e. The summed E-state index contributed by atoms with van der Waals surface area (Å²) in [5, 5.41) is 13.5. The summed E-state index contributed by atoms with van der Waals surface area (Å²) in [4.78, 5) is 13.5. The molecule has 0 aliphatic heterocycles. The molecule has 1 amide bonds. The Balaban J connectivity index is 2.70. The number of aromatic hydroxyl groups is 1. The maximum absolute atomic E-state index is 11.9. The van der Waals surface area contributed by atoms with Crippen molar-refractivity contribution in [2.24, 2.45) is 0 Å². The van der Waals surface area contributed by atoms with Gasteiger partial charge in [0.25, 0.3) is 0 Å². The van der Waals surface area contributed by atoms with Crippen LogP contribution in [0.5, 0.6) is 5.75 Å². The lowest BCUT2D eigenvalue weighted by atomic mass is 10.2. The molecule has 0 fully saturated rings. The minimum atomic E-state index is -0.345. The monoisotopic (exact) mass is 304 g/mol. The number of hydrogen-bond acceptors (Lipinski definition) is 3. The molecule has 0 aromatic heterocycles. The number of benzene rings is 1. The largest absolute Gasteiger partial charge is 0.506 e. The molecule has 0 bridgehead atoms. The van der Waals surface area contributed by atoms with Gasteiger partial charge in [-0.05, 0) is 26.0 Å². The second-order valence-electron chi connectivity index (χ2n) is 4.35. The molecule has 4 nitrogen and oxygen atoms in total. The first-order chi connectivity index (χ1) is 8.86. The molecule has 106 valence electrons. The minimum absolute atomic E-state index is 0.00452. The van der Waals surface area contributed by atoms with E-state index in [-0.39, 0.29) is 22.7 Å². The van der Waals surface area contributed by atoms with Gasteiger partial charge in [-0.1, -0.05) is 23.2 Å². The predicted octanol–water partition coefficient (Wildman–Crippen LogP) is 2.66. The molecule has 1 unspecified atom stereocenters. The molecule has 0 saturated heterocycles. The summed E-state index contributed by atoms with van der Waals surface area (Å²) >= 11 is 11.7. The molecule has 1 rings (SSSR count). The van der Waals surface area contributed by atoms with Gasteiger partial charge in [-0.2, -0.15) is 0 Å². The summed E-state index contributed by atoms with van der Waals surface area (Å²) in [7, 11) is 1.74. The fourth-order valence-corrected chi connectivity index (χ4v) is 2.13. The van der Waals surface area contributed by atoms with Gasteiger partial charge in [0.2, 0.25) is 5.91 Å². The van der Waals surface area contributed by atoms with Crippen LogP contribution in [0.25, 0.3) is 0 Å². The number of hydrogen-bond donors (Lipinski definition) is 2. The molecule has 19 heavy (non-hydrogen) atoms. The van der Waals surface area contributed by atoms with Crippen LogP contribution in [0, 0.1) is 0 Å². The van der Waals surface area contributed by atoms with Crippen molar-refractivity contribution in [2.75, 3.05) is 13.6 Å². The van der Waals surface area contributed by atoms with Crippen LogP contribution >= 0.6 is 23.2 Å². The third kappa shape index (κ3) is 4.27. The van der Waals surface area contributed by atoms with E-state index in [1.807, 2.05) is 6.92 Å². The lowest BCUT2D eigenvalue weighted by Gasteiger charge is -2.21. The van der Waals surface area contributed by atoms with Crippen molar-refractivity contribution in [2.45, 2.75) is 26.4 Å². The molecule has 2 N–H and O–H groups in total. The number of carbonyl (C=O) groups excluding carboxylic acids is 1. The van der Waals surface area contributed by atoms with Gasteiger partial charge in [0, 0.05) is 30.7 Å². The SMILES string of the molecule is CCN(C)C(=O)C(C)NCc1cc(Cl)cc(Cl)c1O. The quantitative estimate of drug-likeness (QED) is 0.879. The summed E-state index contributed by atoms with van der Waals surface area (Å²) in [5.41, 5.74) is 0.566. The number of halogens is 2. The number of rotatable bonds is 5. The smallest absolute Gasteiger partial charge is 0.239 e. The molecule has 0 spiro atoms. The van der Waals surface area contributed by atoms with Gasteiger partial charge in [0.15, 0.2) is 0 Å². The highest BCUT2D eigenvalue weighted by molar-refractivity contribution is 6.35. The summed E-state index contributed by atoms with van der Waals surface area (Å²) in [5.74, 6) is -0.0165. The van der Waals surface area contributed by atoms with E-state index < -0.39 is 0 Å². The van der Waals surface area contributed by atoms with Gasteiger partial charge in [-0.15, -0.1) is 0 Å². The lowest BCUT2D eigenvalue weighted by molar-refractivity contribution is -0.131. The Morgan fingerprint density at radius 1 is 1.47 bits per heavy atom. The Hall–Kier alpha value is -0.970. The van der Waals surface area contributed by atoms with Crippen LogP contribution in [0.2, 0.25) is 10.0 Å². The summed E-state index contributed by atoms with van der Waals surface area (Å²) in [6.45, 7) is 4.65. The number of likely N-dealkylation sites (N-methyl/N-ethyl adjacent to an activating group) is 1. The Kier molecular flexibility index (Phi) is 5.91. The molecule has 0 aliphatic rings. The second-order valence-corrected chi connectivity index (χ2v) is 5.19. The Bertz CT molecular complexity index is 466. The van der Waals surface area contributed by atoms with Crippen molar-refractivity contribution in [3.05, 3.63) is 27.7 Å². The van der Waals surface area contributed by atoms with Crippen molar-refractivity contribution in [1.82, 2.24) is 10.2 Å². The maximum atomic E-state index is 11.9. The van der Waals surface area contributed by atoms with Crippen molar-refractivity contribution in [3.8, 4) is 5.75 Å². The van der Waals surface area contributed by atoms with E-state index in [1.165, 1.54) is 6.07 Å². The van der Waals surface area contributed by atoms with Crippen LogP contribution in [0.1, 0.15) is 19.4 Å². The Morgan fingerprint density at radius 3 is 2.68 bits per heavy atom. The number of nitrogens with zero attached hydrogens (tertiary/aromatic N) is 1. The summed E-state index contributed by atoms with van der Waals surface area (Å²) in [6, 6.07) is 2.75. The molecular weight excluding hydrogens is 287 g/mol. The average Bonchev–Trinajstić information content (AvgIpc) is 2.38. The van der Waals surface area contributed by atoms with E-state index in [0.29, 0.717) is 23.7 Å². The van der Waals surface area contributed by atoms with E-state index in [2.05, 4.69) is 5.32 Å². The molecule has 0 heterocycles. The first kappa shape index (κ1) is 16.1. The van der Waals surface area contributed by atoms with Gasteiger partial charge in [-0.25, -0.2) is 0 Å². The number of phenols is 1. The fraction of sp³-hybridized carbons (Fsp3) is 0.462. The molecule has 0 radical (unpaired) electrons. The van der Waals surface area contributed by atoms with Crippen molar-refractivity contribution in [1.29, 1.82) is 0 Å². The van der Waals surface area contributed by atoms with Crippen LogP contribution in [-0.2, 0) is 11.3 Å². The highest BCUT2D eigenvalue weighted by atomic mass is 35.5. The van der Waals surface area contributed by atoms with Crippen molar-refractivity contribution in [3.63, 3.8) is 0 Å². The number of nitrogens with one attached hydrogen (secondary N) is 1. The molecule has 6 heteroatoms. The van der Waals surface area contributed by atoms with Crippen LogP contribution in [0.15, 0.2) is 12.1 Å². The summed E-state index contributed by atoms with van der Waals surface area (Å²) < 4.78 is 0. The molecule has 0 saturated carbocycles. The molecule has 1 aromatic carbocycles. The van der Waals surface area contributed by atoms with Gasteiger partial charge in [0.1, 0.15) is 5.75 Å². The second kappa shape index (κ2) is 6.98. The minimum Gasteiger partial charge on any atom is -0.506 e. The number of amides is 1. The Labute approximate surface area is 123 Å². The fourth-order valence-electron chi connectivity index (χ4n) is 1.59. The molecule has 1 aromatic rings. The lowest BCUT2D eigenvalue weighted by Crippen LogP contribution is -2.42. The van der Waals surface area contributed by atoms with E-state index in [1.54, 1.807) is 24.9 Å².